The molecule has 0 amide bonds. The van der Waals surface area contributed by atoms with Crippen LogP contribution in [0.1, 0.15) is 37.4 Å². The SMILES string of the molecule is CCCc1nc(C)c2c(CC(=O)O)cn(CC)c2n1. The number of hydrogen-bond donors (Lipinski definition) is 1. The van der Waals surface area contributed by atoms with Crippen molar-refractivity contribution in [1.82, 2.24) is 14.5 Å². The Morgan fingerprint density at radius 2 is 2.11 bits per heavy atom. The van der Waals surface area contributed by atoms with Gasteiger partial charge in [0.2, 0.25) is 0 Å². The first-order valence-electron chi connectivity index (χ1n) is 6.63. The molecule has 0 unspecified atom stereocenters. The number of aromatic nitrogens is 3. The zero-order chi connectivity index (χ0) is 14.0. The van der Waals surface area contributed by atoms with E-state index in [9.17, 15) is 4.79 Å². The summed E-state index contributed by atoms with van der Waals surface area (Å²) in [5.41, 5.74) is 2.52. The minimum absolute atomic E-state index is 0.0147. The number of rotatable bonds is 5. The summed E-state index contributed by atoms with van der Waals surface area (Å²) >= 11 is 0. The zero-order valence-electron chi connectivity index (χ0n) is 11.6. The normalized spacial score (nSPS) is 11.1. The van der Waals surface area contributed by atoms with Crippen LogP contribution in [0.25, 0.3) is 11.0 Å². The fraction of sp³-hybridized carbons (Fsp3) is 0.500. The molecule has 0 fully saturated rings. The number of carboxylic acid groups (broad SMARTS) is 1. The predicted octanol–water partition coefficient (Wildman–Crippen LogP) is 2.34. The highest BCUT2D eigenvalue weighted by Crippen LogP contribution is 2.23. The van der Waals surface area contributed by atoms with Crippen LogP contribution in [0.5, 0.6) is 0 Å². The second kappa shape index (κ2) is 5.38. The van der Waals surface area contributed by atoms with Crippen molar-refractivity contribution in [2.24, 2.45) is 0 Å². The van der Waals surface area contributed by atoms with Crippen LogP contribution in [-0.2, 0) is 24.2 Å². The molecule has 0 aliphatic rings. The van der Waals surface area contributed by atoms with Crippen molar-refractivity contribution < 1.29 is 9.90 Å². The molecule has 0 saturated heterocycles. The minimum atomic E-state index is -0.827. The van der Waals surface area contributed by atoms with Gasteiger partial charge in [-0.25, -0.2) is 9.97 Å². The Morgan fingerprint density at radius 3 is 2.68 bits per heavy atom. The summed E-state index contributed by atoms with van der Waals surface area (Å²) in [5.74, 6) is 0.00867. The quantitative estimate of drug-likeness (QED) is 0.897. The Bertz CT molecular complexity index is 617. The topological polar surface area (TPSA) is 68.0 Å². The number of aliphatic carboxylic acids is 1. The van der Waals surface area contributed by atoms with Crippen LogP contribution in [0, 0.1) is 6.92 Å². The molecule has 2 rings (SSSR count). The minimum Gasteiger partial charge on any atom is -0.481 e. The number of nitrogens with zero attached hydrogens (tertiary/aromatic N) is 3. The maximum absolute atomic E-state index is 10.9. The summed E-state index contributed by atoms with van der Waals surface area (Å²) in [6.45, 7) is 6.82. The van der Waals surface area contributed by atoms with Gasteiger partial charge in [0.25, 0.3) is 0 Å². The lowest BCUT2D eigenvalue weighted by Gasteiger charge is -2.04. The van der Waals surface area contributed by atoms with Crippen molar-refractivity contribution in [2.45, 2.75) is 46.6 Å². The number of fused-ring (bicyclic) bond motifs is 1. The van der Waals surface area contributed by atoms with Gasteiger partial charge in [-0.05, 0) is 25.8 Å². The van der Waals surface area contributed by atoms with Crippen LogP contribution in [-0.4, -0.2) is 25.6 Å². The van der Waals surface area contributed by atoms with E-state index in [-0.39, 0.29) is 6.42 Å². The molecule has 5 nitrogen and oxygen atoms in total. The molecule has 0 spiro atoms. The van der Waals surface area contributed by atoms with Gasteiger partial charge < -0.3 is 9.67 Å². The molecule has 19 heavy (non-hydrogen) atoms. The summed E-state index contributed by atoms with van der Waals surface area (Å²) in [4.78, 5) is 20.0. The molecule has 0 aliphatic carbocycles. The van der Waals surface area contributed by atoms with Crippen molar-refractivity contribution >= 4 is 17.0 Å². The van der Waals surface area contributed by atoms with Gasteiger partial charge in [-0.1, -0.05) is 6.92 Å². The van der Waals surface area contributed by atoms with Gasteiger partial charge in [0.05, 0.1) is 12.1 Å². The maximum Gasteiger partial charge on any atom is 0.307 e. The van der Waals surface area contributed by atoms with Crippen LogP contribution in [0.15, 0.2) is 6.20 Å². The molecule has 1 N–H and O–H groups in total. The van der Waals surface area contributed by atoms with Gasteiger partial charge >= 0.3 is 5.97 Å². The Labute approximate surface area is 112 Å². The molecule has 102 valence electrons. The third-order valence-corrected chi connectivity index (χ3v) is 3.18. The molecule has 0 bridgehead atoms. The third-order valence-electron chi connectivity index (χ3n) is 3.18. The van der Waals surface area contributed by atoms with Crippen LogP contribution < -0.4 is 0 Å². The lowest BCUT2D eigenvalue weighted by Crippen LogP contribution is -2.02. The Kier molecular flexibility index (Phi) is 3.83. The molecular weight excluding hydrogens is 242 g/mol. The van der Waals surface area contributed by atoms with Gasteiger partial charge in [-0.15, -0.1) is 0 Å². The number of hydrogen-bond acceptors (Lipinski definition) is 3. The second-order valence-corrected chi connectivity index (χ2v) is 4.68. The van der Waals surface area contributed by atoms with Crippen LogP contribution in [0.4, 0.5) is 0 Å². The van der Waals surface area contributed by atoms with Crippen molar-refractivity contribution in [2.75, 3.05) is 0 Å². The summed E-state index contributed by atoms with van der Waals surface area (Å²) < 4.78 is 2.00. The molecule has 2 aromatic rings. The average Bonchev–Trinajstić information content (AvgIpc) is 2.67. The van der Waals surface area contributed by atoms with Gasteiger partial charge in [-0.3, -0.25) is 4.79 Å². The first-order chi connectivity index (χ1) is 9.06. The monoisotopic (exact) mass is 261 g/mol. The summed E-state index contributed by atoms with van der Waals surface area (Å²) in [6.07, 6.45) is 3.75. The molecule has 0 aromatic carbocycles. The molecule has 0 saturated carbocycles. The number of carboxylic acids is 1. The predicted molar refractivity (Wildman–Crippen MR) is 73.3 cm³/mol. The van der Waals surface area contributed by atoms with E-state index in [4.69, 9.17) is 5.11 Å². The van der Waals surface area contributed by atoms with E-state index >= 15 is 0 Å². The summed E-state index contributed by atoms with van der Waals surface area (Å²) in [5, 5.41) is 9.88. The van der Waals surface area contributed by atoms with E-state index in [0.29, 0.717) is 0 Å². The van der Waals surface area contributed by atoms with Crippen molar-refractivity contribution in [1.29, 1.82) is 0 Å². The van der Waals surface area contributed by atoms with Crippen molar-refractivity contribution in [3.8, 4) is 0 Å². The van der Waals surface area contributed by atoms with E-state index in [1.807, 2.05) is 24.6 Å². The highest BCUT2D eigenvalue weighted by atomic mass is 16.4. The highest BCUT2D eigenvalue weighted by Gasteiger charge is 2.15. The Morgan fingerprint density at radius 1 is 1.37 bits per heavy atom. The number of carbonyl (C=O) groups is 1. The van der Waals surface area contributed by atoms with Gasteiger partial charge in [0.15, 0.2) is 0 Å². The first kappa shape index (κ1) is 13.5. The molecule has 0 atom stereocenters. The van der Waals surface area contributed by atoms with Crippen LogP contribution in [0.3, 0.4) is 0 Å². The molecule has 0 aliphatic heterocycles. The summed E-state index contributed by atoms with van der Waals surface area (Å²) in [7, 11) is 0. The van der Waals surface area contributed by atoms with Gasteiger partial charge in [-0.2, -0.15) is 0 Å². The highest BCUT2D eigenvalue weighted by molar-refractivity contribution is 5.86. The van der Waals surface area contributed by atoms with Crippen LogP contribution >= 0.6 is 0 Å². The largest absolute Gasteiger partial charge is 0.481 e. The first-order valence-corrected chi connectivity index (χ1v) is 6.63. The van der Waals surface area contributed by atoms with E-state index in [2.05, 4.69) is 16.9 Å². The zero-order valence-corrected chi connectivity index (χ0v) is 11.6. The molecule has 2 heterocycles. The maximum atomic E-state index is 10.9. The Hall–Kier alpha value is -1.91. The van der Waals surface area contributed by atoms with Crippen molar-refractivity contribution in [3.05, 3.63) is 23.3 Å². The average molecular weight is 261 g/mol. The van der Waals surface area contributed by atoms with Crippen molar-refractivity contribution in [3.63, 3.8) is 0 Å². The molecule has 2 aromatic heterocycles. The lowest BCUT2D eigenvalue weighted by atomic mass is 10.1. The fourth-order valence-electron chi connectivity index (χ4n) is 2.39. The molecular formula is C14H19N3O2. The standard InChI is InChI=1S/C14H19N3O2/c1-4-6-11-15-9(3)13-10(7-12(18)19)8-17(5-2)14(13)16-11/h8H,4-7H2,1-3H3,(H,18,19). The Balaban J connectivity index is 2.64. The summed E-state index contributed by atoms with van der Waals surface area (Å²) in [6, 6.07) is 0. The van der Waals surface area contributed by atoms with E-state index in [1.165, 1.54) is 0 Å². The smallest absolute Gasteiger partial charge is 0.307 e. The van der Waals surface area contributed by atoms with E-state index in [1.54, 1.807) is 0 Å². The second-order valence-electron chi connectivity index (χ2n) is 4.68. The van der Waals surface area contributed by atoms with Crippen LogP contribution in [0.2, 0.25) is 0 Å². The van der Waals surface area contributed by atoms with E-state index < -0.39 is 5.97 Å². The molecule has 5 heteroatoms. The lowest BCUT2D eigenvalue weighted by molar-refractivity contribution is -0.136. The number of aryl methyl sites for hydroxylation is 3. The third kappa shape index (κ3) is 2.59. The fourth-order valence-corrected chi connectivity index (χ4v) is 2.39. The van der Waals surface area contributed by atoms with Gasteiger partial charge in [0.1, 0.15) is 11.5 Å². The van der Waals surface area contributed by atoms with Gasteiger partial charge in [0, 0.05) is 24.5 Å². The molecule has 0 radical (unpaired) electrons. The van der Waals surface area contributed by atoms with E-state index in [0.717, 1.165) is 47.5 Å².